The first kappa shape index (κ1) is 23.9. The van der Waals surface area contributed by atoms with Crippen molar-refractivity contribution in [2.75, 3.05) is 14.2 Å². The molecule has 2 amide bonds. The van der Waals surface area contributed by atoms with Crippen LogP contribution < -0.4 is 10.6 Å². The number of esters is 2. The van der Waals surface area contributed by atoms with Gasteiger partial charge in [0.25, 0.3) is 0 Å². The summed E-state index contributed by atoms with van der Waals surface area (Å²) < 4.78 is 9.37. The summed E-state index contributed by atoms with van der Waals surface area (Å²) in [4.78, 5) is 47.5. The number of nitrogens with one attached hydrogen (secondary N) is 2. The molecule has 8 nitrogen and oxygen atoms in total. The standard InChI is InChI=1S/C18H32N2O6/c1-11(2)9-13(17(23)25-5)19-15(21)7-8-16(22)20-14(10-12(3)4)18(24)26-6/h11-14H,7-10H2,1-6H3,(H,19,21)(H,20,22)/t13-,14-/m0/s1. The number of rotatable bonds is 11. The van der Waals surface area contributed by atoms with Crippen LogP contribution in [0.5, 0.6) is 0 Å². The van der Waals surface area contributed by atoms with Gasteiger partial charge in [0.05, 0.1) is 14.2 Å². The summed E-state index contributed by atoms with van der Waals surface area (Å²) >= 11 is 0. The summed E-state index contributed by atoms with van der Waals surface area (Å²) in [7, 11) is 2.52. The maximum absolute atomic E-state index is 12.0. The number of carbonyl (C=O) groups is 4. The number of hydrogen-bond acceptors (Lipinski definition) is 6. The van der Waals surface area contributed by atoms with E-state index in [1.54, 1.807) is 0 Å². The average Bonchev–Trinajstić information content (AvgIpc) is 2.56. The smallest absolute Gasteiger partial charge is 0.328 e. The molecule has 0 heterocycles. The van der Waals surface area contributed by atoms with Crippen LogP contribution in [0.4, 0.5) is 0 Å². The zero-order valence-electron chi connectivity index (χ0n) is 16.6. The van der Waals surface area contributed by atoms with Crippen LogP contribution in [0.15, 0.2) is 0 Å². The summed E-state index contributed by atoms with van der Waals surface area (Å²) in [6.45, 7) is 7.71. The lowest BCUT2D eigenvalue weighted by Gasteiger charge is -2.19. The van der Waals surface area contributed by atoms with Gasteiger partial charge in [-0.3, -0.25) is 9.59 Å². The Morgan fingerprint density at radius 2 is 1.00 bits per heavy atom. The topological polar surface area (TPSA) is 111 Å². The van der Waals surface area contributed by atoms with Crippen molar-refractivity contribution in [1.82, 2.24) is 10.6 Å². The molecular weight excluding hydrogens is 340 g/mol. The number of carbonyl (C=O) groups excluding carboxylic acids is 4. The van der Waals surface area contributed by atoms with Crippen molar-refractivity contribution in [3.8, 4) is 0 Å². The van der Waals surface area contributed by atoms with Crippen LogP contribution in [0.1, 0.15) is 53.4 Å². The van der Waals surface area contributed by atoms with E-state index in [1.807, 2.05) is 27.7 Å². The third-order valence-electron chi connectivity index (χ3n) is 3.64. The fraction of sp³-hybridized carbons (Fsp3) is 0.778. The number of amides is 2. The van der Waals surface area contributed by atoms with E-state index in [1.165, 1.54) is 14.2 Å². The van der Waals surface area contributed by atoms with E-state index < -0.39 is 35.8 Å². The quantitative estimate of drug-likeness (QED) is 0.527. The van der Waals surface area contributed by atoms with Crippen LogP contribution in [0.3, 0.4) is 0 Å². The summed E-state index contributed by atoms with van der Waals surface area (Å²) in [6, 6.07) is -1.47. The Hall–Kier alpha value is -2.12. The van der Waals surface area contributed by atoms with Crippen LogP contribution in [0.25, 0.3) is 0 Å². The molecule has 0 aliphatic rings. The van der Waals surface area contributed by atoms with Gasteiger partial charge in [-0.25, -0.2) is 9.59 Å². The number of methoxy groups -OCH3 is 2. The largest absolute Gasteiger partial charge is 0.467 e. The van der Waals surface area contributed by atoms with Gasteiger partial charge >= 0.3 is 11.9 Å². The maximum Gasteiger partial charge on any atom is 0.328 e. The average molecular weight is 372 g/mol. The summed E-state index contributed by atoms with van der Waals surface area (Å²) in [6.07, 6.45) is 0.715. The molecule has 0 saturated heterocycles. The fourth-order valence-corrected chi connectivity index (χ4v) is 2.42. The van der Waals surface area contributed by atoms with Gasteiger partial charge in [0.1, 0.15) is 12.1 Å². The van der Waals surface area contributed by atoms with E-state index >= 15 is 0 Å². The Kier molecular flexibility index (Phi) is 11.3. The van der Waals surface area contributed by atoms with Crippen LogP contribution in [0, 0.1) is 11.8 Å². The second kappa shape index (κ2) is 12.3. The van der Waals surface area contributed by atoms with Crippen molar-refractivity contribution in [3.05, 3.63) is 0 Å². The second-order valence-corrected chi connectivity index (χ2v) is 7.05. The fourth-order valence-electron chi connectivity index (χ4n) is 2.42. The Morgan fingerprint density at radius 3 is 1.23 bits per heavy atom. The zero-order valence-corrected chi connectivity index (χ0v) is 16.6. The van der Waals surface area contributed by atoms with Crippen molar-refractivity contribution in [1.29, 1.82) is 0 Å². The van der Waals surface area contributed by atoms with Gasteiger partial charge in [0.15, 0.2) is 0 Å². The molecule has 0 bridgehead atoms. The monoisotopic (exact) mass is 372 g/mol. The van der Waals surface area contributed by atoms with Crippen LogP contribution >= 0.6 is 0 Å². The van der Waals surface area contributed by atoms with Gasteiger partial charge in [-0.1, -0.05) is 27.7 Å². The third kappa shape index (κ3) is 10.0. The molecule has 26 heavy (non-hydrogen) atoms. The molecule has 2 N–H and O–H groups in total. The molecule has 0 aliphatic heterocycles. The van der Waals surface area contributed by atoms with Crippen molar-refractivity contribution >= 4 is 23.8 Å². The lowest BCUT2D eigenvalue weighted by Crippen LogP contribution is -2.44. The highest BCUT2D eigenvalue weighted by Crippen LogP contribution is 2.08. The van der Waals surface area contributed by atoms with E-state index in [2.05, 4.69) is 20.1 Å². The van der Waals surface area contributed by atoms with Crippen molar-refractivity contribution < 1.29 is 28.7 Å². The molecule has 0 rings (SSSR count). The third-order valence-corrected chi connectivity index (χ3v) is 3.64. The highest BCUT2D eigenvalue weighted by atomic mass is 16.5. The van der Waals surface area contributed by atoms with Crippen molar-refractivity contribution in [2.24, 2.45) is 11.8 Å². The summed E-state index contributed by atoms with van der Waals surface area (Å²) in [5, 5.41) is 5.18. The molecule has 0 aromatic carbocycles. The van der Waals surface area contributed by atoms with Crippen LogP contribution in [-0.2, 0) is 28.7 Å². The summed E-state index contributed by atoms with van der Waals surface area (Å²) in [5.41, 5.74) is 0. The Labute approximate surface area is 155 Å². The number of ether oxygens (including phenoxy) is 2. The predicted molar refractivity (Wildman–Crippen MR) is 96.0 cm³/mol. The van der Waals surface area contributed by atoms with E-state index in [0.717, 1.165) is 0 Å². The molecule has 0 unspecified atom stereocenters. The highest BCUT2D eigenvalue weighted by Gasteiger charge is 2.25. The van der Waals surface area contributed by atoms with Gasteiger partial charge in [0.2, 0.25) is 11.8 Å². The Morgan fingerprint density at radius 1 is 0.692 bits per heavy atom. The first-order chi connectivity index (χ1) is 12.1. The van der Waals surface area contributed by atoms with E-state index in [-0.39, 0.29) is 24.7 Å². The minimum absolute atomic E-state index is 0.0903. The zero-order chi connectivity index (χ0) is 20.3. The van der Waals surface area contributed by atoms with Gasteiger partial charge in [-0.05, 0) is 24.7 Å². The lowest BCUT2D eigenvalue weighted by atomic mass is 10.0. The van der Waals surface area contributed by atoms with E-state index in [9.17, 15) is 19.2 Å². The van der Waals surface area contributed by atoms with Crippen LogP contribution in [0.2, 0.25) is 0 Å². The SMILES string of the molecule is COC(=O)[C@H](CC(C)C)NC(=O)CCC(=O)N[C@@H](CC(C)C)C(=O)OC. The molecule has 150 valence electrons. The number of hydrogen-bond donors (Lipinski definition) is 2. The first-order valence-corrected chi connectivity index (χ1v) is 8.85. The molecule has 0 aromatic rings. The van der Waals surface area contributed by atoms with E-state index in [0.29, 0.717) is 12.8 Å². The molecule has 0 radical (unpaired) electrons. The minimum atomic E-state index is -0.737. The molecule has 2 atom stereocenters. The van der Waals surface area contributed by atoms with E-state index in [4.69, 9.17) is 0 Å². The normalized spacial score (nSPS) is 13.1. The lowest BCUT2D eigenvalue weighted by molar-refractivity contribution is -0.146. The molecule has 0 fully saturated rings. The van der Waals surface area contributed by atoms with Gasteiger partial charge in [0, 0.05) is 12.8 Å². The molecule has 0 aliphatic carbocycles. The first-order valence-electron chi connectivity index (χ1n) is 8.85. The predicted octanol–water partition coefficient (Wildman–Crippen LogP) is 1.17. The Balaban J connectivity index is 4.56. The molecule has 0 saturated carbocycles. The van der Waals surface area contributed by atoms with Crippen molar-refractivity contribution in [3.63, 3.8) is 0 Å². The van der Waals surface area contributed by atoms with Gasteiger partial charge < -0.3 is 20.1 Å². The van der Waals surface area contributed by atoms with Crippen molar-refractivity contribution in [2.45, 2.75) is 65.5 Å². The molecular formula is C18H32N2O6. The van der Waals surface area contributed by atoms with Crippen LogP contribution in [-0.4, -0.2) is 50.1 Å². The van der Waals surface area contributed by atoms with Gasteiger partial charge in [-0.2, -0.15) is 0 Å². The highest BCUT2D eigenvalue weighted by molar-refractivity contribution is 5.89. The summed E-state index contributed by atoms with van der Waals surface area (Å²) in [5.74, 6) is -1.48. The van der Waals surface area contributed by atoms with Gasteiger partial charge in [-0.15, -0.1) is 0 Å². The minimum Gasteiger partial charge on any atom is -0.467 e. The second-order valence-electron chi connectivity index (χ2n) is 7.05. The maximum atomic E-state index is 12.0. The molecule has 8 heteroatoms. The molecule has 0 spiro atoms. The Bertz CT molecular complexity index is 446. The molecule has 0 aromatic heterocycles.